The van der Waals surface area contributed by atoms with Crippen molar-refractivity contribution in [1.29, 1.82) is 0 Å². The molecule has 0 radical (unpaired) electrons. The molecule has 0 aliphatic heterocycles. The third-order valence-corrected chi connectivity index (χ3v) is 4.69. The van der Waals surface area contributed by atoms with E-state index in [9.17, 15) is 0 Å². The molecule has 0 unspecified atom stereocenters. The summed E-state index contributed by atoms with van der Waals surface area (Å²) in [6, 6.07) is 10.6. The summed E-state index contributed by atoms with van der Waals surface area (Å²) in [7, 11) is 0. The molecule has 0 fully saturated rings. The molecule has 1 aromatic carbocycles. The number of aromatic nitrogens is 1. The predicted molar refractivity (Wildman–Crippen MR) is 104 cm³/mol. The fourth-order valence-corrected chi connectivity index (χ4v) is 3.08. The second kappa shape index (κ2) is 8.83. The Kier molecular flexibility index (Phi) is 6.79. The van der Waals surface area contributed by atoms with Crippen LogP contribution < -0.4 is 10.6 Å². The molecule has 0 atom stereocenters. The molecule has 130 valence electrons. The minimum absolute atomic E-state index is 0.00956. The van der Waals surface area contributed by atoms with E-state index >= 15 is 0 Å². The molecule has 0 aliphatic carbocycles. The molecular weight excluding hydrogens is 316 g/mol. The smallest absolute Gasteiger partial charge is 0.191 e. The monoisotopic (exact) mass is 344 g/mol. The number of thiazole rings is 1. The SMILES string of the molecule is CCNC(=NCC(C)(C)c1ccccc1)NCCc1csc(C)n1. The van der Waals surface area contributed by atoms with Crippen LogP contribution in [0.2, 0.25) is 0 Å². The molecule has 2 aromatic rings. The van der Waals surface area contributed by atoms with Gasteiger partial charge in [-0.25, -0.2) is 4.98 Å². The maximum absolute atomic E-state index is 4.77. The summed E-state index contributed by atoms with van der Waals surface area (Å²) in [6.45, 7) is 11.0. The standard InChI is InChI=1S/C19H28N4S/c1-5-20-18(21-12-11-17-13-24-15(2)23-17)22-14-19(3,4)16-9-7-6-8-10-16/h6-10,13H,5,11-12,14H2,1-4H3,(H2,20,21,22). The average molecular weight is 345 g/mol. The Morgan fingerprint density at radius 2 is 1.96 bits per heavy atom. The number of hydrogen-bond acceptors (Lipinski definition) is 3. The van der Waals surface area contributed by atoms with Crippen LogP contribution in [-0.2, 0) is 11.8 Å². The quantitative estimate of drug-likeness (QED) is 0.597. The lowest BCUT2D eigenvalue weighted by atomic mass is 9.85. The highest BCUT2D eigenvalue weighted by atomic mass is 32.1. The molecule has 0 saturated carbocycles. The van der Waals surface area contributed by atoms with Crippen LogP contribution in [0.5, 0.6) is 0 Å². The Morgan fingerprint density at radius 1 is 1.21 bits per heavy atom. The van der Waals surface area contributed by atoms with Gasteiger partial charge in [-0.15, -0.1) is 11.3 Å². The van der Waals surface area contributed by atoms with Crippen molar-refractivity contribution in [3.8, 4) is 0 Å². The summed E-state index contributed by atoms with van der Waals surface area (Å²) < 4.78 is 0. The number of hydrogen-bond donors (Lipinski definition) is 2. The lowest BCUT2D eigenvalue weighted by Gasteiger charge is -2.23. The van der Waals surface area contributed by atoms with Gasteiger partial charge in [-0.2, -0.15) is 0 Å². The zero-order valence-electron chi connectivity index (χ0n) is 15.1. The zero-order valence-corrected chi connectivity index (χ0v) is 15.9. The van der Waals surface area contributed by atoms with Crippen molar-refractivity contribution in [2.75, 3.05) is 19.6 Å². The van der Waals surface area contributed by atoms with Crippen molar-refractivity contribution in [3.63, 3.8) is 0 Å². The van der Waals surface area contributed by atoms with Crippen molar-refractivity contribution >= 4 is 17.3 Å². The van der Waals surface area contributed by atoms with Crippen molar-refractivity contribution < 1.29 is 0 Å². The Labute approximate surface area is 149 Å². The Balaban J connectivity index is 1.92. The molecule has 1 heterocycles. The van der Waals surface area contributed by atoms with Crippen LogP contribution in [0, 0.1) is 6.92 Å². The van der Waals surface area contributed by atoms with Crippen molar-refractivity contribution in [3.05, 3.63) is 52.0 Å². The molecule has 4 nitrogen and oxygen atoms in total. The van der Waals surface area contributed by atoms with Crippen molar-refractivity contribution in [2.24, 2.45) is 4.99 Å². The number of rotatable bonds is 7. The molecule has 0 saturated heterocycles. The Morgan fingerprint density at radius 3 is 2.58 bits per heavy atom. The van der Waals surface area contributed by atoms with Gasteiger partial charge in [0.2, 0.25) is 0 Å². The minimum atomic E-state index is 0.00956. The van der Waals surface area contributed by atoms with Gasteiger partial charge in [0.05, 0.1) is 17.2 Å². The van der Waals surface area contributed by atoms with E-state index in [-0.39, 0.29) is 5.41 Å². The van der Waals surface area contributed by atoms with Gasteiger partial charge in [0, 0.05) is 30.3 Å². The minimum Gasteiger partial charge on any atom is -0.357 e. The highest BCUT2D eigenvalue weighted by molar-refractivity contribution is 7.09. The second-order valence-electron chi connectivity index (χ2n) is 6.48. The molecular formula is C19H28N4S. The molecule has 2 N–H and O–H groups in total. The number of nitrogens with one attached hydrogen (secondary N) is 2. The molecule has 5 heteroatoms. The van der Waals surface area contributed by atoms with E-state index in [4.69, 9.17) is 4.99 Å². The number of nitrogens with zero attached hydrogens (tertiary/aromatic N) is 2. The molecule has 24 heavy (non-hydrogen) atoms. The fourth-order valence-electron chi connectivity index (χ4n) is 2.43. The van der Waals surface area contributed by atoms with E-state index in [1.54, 1.807) is 11.3 Å². The third kappa shape index (κ3) is 5.64. The maximum atomic E-state index is 4.77. The first-order valence-corrected chi connectivity index (χ1v) is 9.38. The lowest BCUT2D eigenvalue weighted by Crippen LogP contribution is -2.39. The van der Waals surface area contributed by atoms with Crippen LogP contribution >= 0.6 is 11.3 Å². The molecule has 0 bridgehead atoms. The number of aryl methyl sites for hydroxylation is 1. The summed E-state index contributed by atoms with van der Waals surface area (Å²) in [5.74, 6) is 0.869. The molecule has 0 amide bonds. The van der Waals surface area contributed by atoms with E-state index in [1.165, 1.54) is 5.56 Å². The molecule has 0 aliphatic rings. The normalized spacial score (nSPS) is 12.2. The van der Waals surface area contributed by atoms with Crippen LogP contribution in [0.1, 0.15) is 37.0 Å². The van der Waals surface area contributed by atoms with E-state index < -0.39 is 0 Å². The van der Waals surface area contributed by atoms with Crippen LogP contribution in [0.3, 0.4) is 0 Å². The highest BCUT2D eigenvalue weighted by Crippen LogP contribution is 2.22. The Bertz CT molecular complexity index is 646. The van der Waals surface area contributed by atoms with Crippen LogP contribution in [0.25, 0.3) is 0 Å². The van der Waals surface area contributed by atoms with Crippen LogP contribution in [0.4, 0.5) is 0 Å². The van der Waals surface area contributed by atoms with Gasteiger partial charge >= 0.3 is 0 Å². The van der Waals surface area contributed by atoms with Gasteiger partial charge in [0.1, 0.15) is 0 Å². The van der Waals surface area contributed by atoms with Gasteiger partial charge in [0.15, 0.2) is 5.96 Å². The Hall–Kier alpha value is -1.88. The van der Waals surface area contributed by atoms with E-state index in [0.717, 1.165) is 42.7 Å². The second-order valence-corrected chi connectivity index (χ2v) is 7.54. The predicted octanol–water partition coefficient (Wildman–Crippen LogP) is 3.53. The van der Waals surface area contributed by atoms with Crippen molar-refractivity contribution in [2.45, 2.75) is 39.5 Å². The average Bonchev–Trinajstić information content (AvgIpc) is 2.99. The van der Waals surface area contributed by atoms with Gasteiger partial charge in [0.25, 0.3) is 0 Å². The molecule has 1 aromatic heterocycles. The number of benzene rings is 1. The van der Waals surface area contributed by atoms with Gasteiger partial charge in [-0.1, -0.05) is 44.2 Å². The van der Waals surface area contributed by atoms with Crippen LogP contribution in [-0.4, -0.2) is 30.6 Å². The summed E-state index contributed by atoms with van der Waals surface area (Å²) in [5, 5.41) is 9.97. The van der Waals surface area contributed by atoms with Crippen LogP contribution in [0.15, 0.2) is 40.7 Å². The first kappa shape index (κ1) is 18.5. The first-order valence-electron chi connectivity index (χ1n) is 8.50. The number of aliphatic imine (C=N–C) groups is 1. The van der Waals surface area contributed by atoms with Gasteiger partial charge < -0.3 is 10.6 Å². The first-order chi connectivity index (χ1) is 11.5. The third-order valence-electron chi connectivity index (χ3n) is 3.87. The summed E-state index contributed by atoms with van der Waals surface area (Å²) in [6.07, 6.45) is 0.914. The summed E-state index contributed by atoms with van der Waals surface area (Å²) >= 11 is 1.70. The fraction of sp³-hybridized carbons (Fsp3) is 0.474. The summed E-state index contributed by atoms with van der Waals surface area (Å²) in [4.78, 5) is 9.27. The highest BCUT2D eigenvalue weighted by Gasteiger charge is 2.19. The maximum Gasteiger partial charge on any atom is 0.191 e. The summed E-state index contributed by atoms with van der Waals surface area (Å²) in [5.41, 5.74) is 2.46. The van der Waals surface area contributed by atoms with Gasteiger partial charge in [-0.3, -0.25) is 4.99 Å². The lowest BCUT2D eigenvalue weighted by molar-refractivity contribution is 0.537. The van der Waals surface area contributed by atoms with E-state index in [1.807, 2.05) is 6.92 Å². The van der Waals surface area contributed by atoms with Crippen molar-refractivity contribution in [1.82, 2.24) is 15.6 Å². The van der Waals surface area contributed by atoms with E-state index in [2.05, 4.69) is 72.1 Å². The van der Waals surface area contributed by atoms with Gasteiger partial charge in [-0.05, 0) is 19.4 Å². The molecule has 0 spiro atoms. The largest absolute Gasteiger partial charge is 0.357 e. The zero-order chi connectivity index (χ0) is 17.4. The van der Waals surface area contributed by atoms with E-state index in [0.29, 0.717) is 0 Å². The topological polar surface area (TPSA) is 49.3 Å². The number of guanidine groups is 1. The molecule has 2 rings (SSSR count).